The van der Waals surface area contributed by atoms with Crippen LogP contribution in [0.2, 0.25) is 0 Å². The summed E-state index contributed by atoms with van der Waals surface area (Å²) in [7, 11) is 0. The van der Waals surface area contributed by atoms with Crippen molar-refractivity contribution in [2.45, 2.75) is 26.9 Å². The van der Waals surface area contributed by atoms with Crippen LogP contribution < -0.4 is 15.0 Å². The maximum absolute atomic E-state index is 12.3. The Labute approximate surface area is 153 Å². The fourth-order valence-corrected chi connectivity index (χ4v) is 2.37. The van der Waals surface area contributed by atoms with Gasteiger partial charge in [0.2, 0.25) is 11.8 Å². The van der Waals surface area contributed by atoms with Gasteiger partial charge in [0.1, 0.15) is 12.3 Å². The largest absolute Gasteiger partial charge is 0.491 e. The van der Waals surface area contributed by atoms with Crippen LogP contribution in [-0.2, 0) is 9.59 Å². The lowest BCUT2D eigenvalue weighted by atomic mass is 10.2. The molecule has 2 aromatic carbocycles. The Morgan fingerprint density at radius 3 is 2.46 bits per heavy atom. The number of hydrogen-bond acceptors (Lipinski definition) is 4. The quantitative estimate of drug-likeness (QED) is 0.865. The SMILES string of the molecule is CC(=O)N(CC(=O)Nc1cccc(C#N)c1)c1ccc(OC(C)C)cc1. The number of hydrogen-bond donors (Lipinski definition) is 1. The van der Waals surface area contributed by atoms with E-state index in [-0.39, 0.29) is 24.5 Å². The predicted octanol–water partition coefficient (Wildman–Crippen LogP) is 3.34. The number of nitrogens with one attached hydrogen (secondary N) is 1. The number of benzene rings is 2. The summed E-state index contributed by atoms with van der Waals surface area (Å²) in [5.41, 5.74) is 1.57. The van der Waals surface area contributed by atoms with Crippen molar-refractivity contribution in [3.05, 3.63) is 54.1 Å². The fourth-order valence-electron chi connectivity index (χ4n) is 2.37. The average molecular weight is 351 g/mol. The van der Waals surface area contributed by atoms with Gasteiger partial charge in [0.25, 0.3) is 0 Å². The van der Waals surface area contributed by atoms with Gasteiger partial charge in [0, 0.05) is 18.3 Å². The average Bonchev–Trinajstić information content (AvgIpc) is 2.60. The molecule has 0 spiro atoms. The number of ether oxygens (including phenoxy) is 1. The highest BCUT2D eigenvalue weighted by Crippen LogP contribution is 2.21. The van der Waals surface area contributed by atoms with Crippen LogP contribution in [0.4, 0.5) is 11.4 Å². The van der Waals surface area contributed by atoms with Crippen LogP contribution in [-0.4, -0.2) is 24.5 Å². The second-order valence-corrected chi connectivity index (χ2v) is 6.01. The molecule has 0 aliphatic carbocycles. The van der Waals surface area contributed by atoms with Crippen molar-refractivity contribution in [1.29, 1.82) is 5.26 Å². The standard InChI is InChI=1S/C20H21N3O3/c1-14(2)26-19-9-7-18(8-10-19)23(15(3)24)13-20(25)22-17-6-4-5-16(11-17)12-21/h4-11,14H,13H2,1-3H3,(H,22,25). The summed E-state index contributed by atoms with van der Waals surface area (Å²) in [6.07, 6.45) is 0.0553. The lowest BCUT2D eigenvalue weighted by molar-refractivity contribution is -0.120. The highest BCUT2D eigenvalue weighted by atomic mass is 16.5. The van der Waals surface area contributed by atoms with E-state index in [9.17, 15) is 9.59 Å². The second kappa shape index (κ2) is 8.67. The van der Waals surface area contributed by atoms with Gasteiger partial charge in [-0.05, 0) is 56.3 Å². The van der Waals surface area contributed by atoms with Gasteiger partial charge in [0.15, 0.2) is 0 Å². The third-order valence-electron chi connectivity index (χ3n) is 3.48. The highest BCUT2D eigenvalue weighted by molar-refractivity contribution is 6.01. The van der Waals surface area contributed by atoms with Crippen LogP contribution in [0.25, 0.3) is 0 Å². The highest BCUT2D eigenvalue weighted by Gasteiger charge is 2.16. The minimum absolute atomic E-state index is 0.0553. The zero-order chi connectivity index (χ0) is 19.1. The van der Waals surface area contributed by atoms with Crippen LogP contribution in [0, 0.1) is 11.3 Å². The zero-order valence-corrected chi connectivity index (χ0v) is 15.0. The Bertz CT molecular complexity index is 823. The van der Waals surface area contributed by atoms with Crippen LogP contribution in [0.5, 0.6) is 5.75 Å². The van der Waals surface area contributed by atoms with Crippen LogP contribution >= 0.6 is 0 Å². The van der Waals surface area contributed by atoms with E-state index in [2.05, 4.69) is 5.32 Å². The molecule has 1 N–H and O–H groups in total. The van der Waals surface area contributed by atoms with Gasteiger partial charge in [-0.3, -0.25) is 9.59 Å². The summed E-state index contributed by atoms with van der Waals surface area (Å²) in [4.78, 5) is 25.6. The van der Waals surface area contributed by atoms with E-state index in [1.54, 1.807) is 48.5 Å². The molecule has 134 valence electrons. The number of carbonyl (C=O) groups is 2. The maximum atomic E-state index is 12.3. The molecule has 6 nitrogen and oxygen atoms in total. The molecule has 0 aliphatic heterocycles. The molecular formula is C20H21N3O3. The minimum Gasteiger partial charge on any atom is -0.491 e. The molecule has 26 heavy (non-hydrogen) atoms. The van der Waals surface area contributed by atoms with Crippen molar-refractivity contribution in [1.82, 2.24) is 0 Å². The van der Waals surface area contributed by atoms with Crippen molar-refractivity contribution < 1.29 is 14.3 Å². The number of amides is 2. The number of nitriles is 1. The Hall–Kier alpha value is -3.33. The third kappa shape index (κ3) is 5.35. The van der Waals surface area contributed by atoms with Crippen molar-refractivity contribution in [3.8, 4) is 11.8 Å². The first-order chi connectivity index (χ1) is 12.4. The molecule has 0 atom stereocenters. The van der Waals surface area contributed by atoms with Gasteiger partial charge in [-0.1, -0.05) is 6.07 Å². The molecule has 0 aliphatic rings. The Balaban J connectivity index is 2.08. The molecule has 0 saturated heterocycles. The van der Waals surface area contributed by atoms with Crippen molar-refractivity contribution in [3.63, 3.8) is 0 Å². The number of nitrogens with zero attached hydrogens (tertiary/aromatic N) is 2. The summed E-state index contributed by atoms with van der Waals surface area (Å²) in [5.74, 6) is 0.103. The first-order valence-corrected chi connectivity index (χ1v) is 8.24. The number of carbonyl (C=O) groups excluding carboxylic acids is 2. The lowest BCUT2D eigenvalue weighted by Gasteiger charge is -2.21. The van der Waals surface area contributed by atoms with Crippen LogP contribution in [0.15, 0.2) is 48.5 Å². The number of rotatable bonds is 6. The minimum atomic E-state index is -0.349. The van der Waals surface area contributed by atoms with Crippen LogP contribution in [0.1, 0.15) is 26.3 Å². The predicted molar refractivity (Wildman–Crippen MR) is 100 cm³/mol. The molecule has 2 aromatic rings. The summed E-state index contributed by atoms with van der Waals surface area (Å²) in [6, 6.07) is 15.6. The Kier molecular flexibility index (Phi) is 6.34. The molecule has 2 amide bonds. The van der Waals surface area contributed by atoms with E-state index in [4.69, 9.17) is 10.00 Å². The fraction of sp³-hybridized carbons (Fsp3) is 0.250. The van der Waals surface area contributed by atoms with Crippen molar-refractivity contribution >= 4 is 23.2 Å². The summed E-state index contributed by atoms with van der Waals surface area (Å²) in [5, 5.41) is 11.6. The number of anilines is 2. The van der Waals surface area contributed by atoms with E-state index in [0.29, 0.717) is 22.7 Å². The summed E-state index contributed by atoms with van der Waals surface area (Å²) < 4.78 is 5.58. The van der Waals surface area contributed by atoms with Gasteiger partial charge in [-0.2, -0.15) is 5.26 Å². The third-order valence-corrected chi connectivity index (χ3v) is 3.48. The van der Waals surface area contributed by atoms with Gasteiger partial charge >= 0.3 is 0 Å². The molecule has 0 unspecified atom stereocenters. The van der Waals surface area contributed by atoms with Gasteiger partial charge < -0.3 is 15.0 Å². The molecule has 6 heteroatoms. The molecule has 0 bridgehead atoms. The molecule has 0 radical (unpaired) electrons. The first-order valence-electron chi connectivity index (χ1n) is 8.24. The van der Waals surface area contributed by atoms with Crippen molar-refractivity contribution in [2.75, 3.05) is 16.8 Å². The van der Waals surface area contributed by atoms with Crippen LogP contribution in [0.3, 0.4) is 0 Å². The van der Waals surface area contributed by atoms with E-state index >= 15 is 0 Å². The topological polar surface area (TPSA) is 82.4 Å². The second-order valence-electron chi connectivity index (χ2n) is 6.01. The molecule has 0 heterocycles. The van der Waals surface area contributed by atoms with E-state index < -0.39 is 0 Å². The normalized spacial score (nSPS) is 10.1. The molecule has 0 fully saturated rings. The van der Waals surface area contributed by atoms with Gasteiger partial charge in [-0.25, -0.2) is 0 Å². The Morgan fingerprint density at radius 1 is 1.19 bits per heavy atom. The molecule has 0 aromatic heterocycles. The maximum Gasteiger partial charge on any atom is 0.244 e. The van der Waals surface area contributed by atoms with E-state index in [1.807, 2.05) is 19.9 Å². The summed E-state index contributed by atoms with van der Waals surface area (Å²) in [6.45, 7) is 5.14. The van der Waals surface area contributed by atoms with Gasteiger partial charge in [-0.15, -0.1) is 0 Å². The zero-order valence-electron chi connectivity index (χ0n) is 15.0. The smallest absolute Gasteiger partial charge is 0.244 e. The Morgan fingerprint density at radius 2 is 1.88 bits per heavy atom. The van der Waals surface area contributed by atoms with E-state index in [1.165, 1.54) is 11.8 Å². The first kappa shape index (κ1) is 19.0. The molecule has 0 saturated carbocycles. The van der Waals surface area contributed by atoms with E-state index in [0.717, 1.165) is 0 Å². The van der Waals surface area contributed by atoms with Crippen molar-refractivity contribution in [2.24, 2.45) is 0 Å². The monoisotopic (exact) mass is 351 g/mol. The summed E-state index contributed by atoms with van der Waals surface area (Å²) >= 11 is 0. The molecular weight excluding hydrogens is 330 g/mol. The lowest BCUT2D eigenvalue weighted by Crippen LogP contribution is -2.36. The van der Waals surface area contributed by atoms with Gasteiger partial charge in [0.05, 0.1) is 17.7 Å². The molecule has 2 rings (SSSR count).